The number of carbonyl (C=O) groups excluding carboxylic acids is 1. The summed E-state index contributed by atoms with van der Waals surface area (Å²) in [5.74, 6) is 0.0455. The number of amides is 1. The largest absolute Gasteiger partial charge is 0.367 e. The molecule has 5 heteroatoms. The summed E-state index contributed by atoms with van der Waals surface area (Å²) >= 11 is 0. The Labute approximate surface area is 136 Å². The van der Waals surface area contributed by atoms with Crippen molar-refractivity contribution in [2.75, 3.05) is 13.1 Å². The van der Waals surface area contributed by atoms with Gasteiger partial charge in [-0.25, -0.2) is 0 Å². The molecule has 1 aromatic carbocycles. The van der Waals surface area contributed by atoms with Crippen LogP contribution in [0.15, 0.2) is 30.3 Å². The number of morpholine rings is 1. The number of rotatable bonds is 2. The number of hydrogen-bond donors (Lipinski definition) is 0. The van der Waals surface area contributed by atoms with Crippen molar-refractivity contribution < 1.29 is 9.53 Å². The van der Waals surface area contributed by atoms with Gasteiger partial charge in [0.1, 0.15) is 6.10 Å². The van der Waals surface area contributed by atoms with E-state index < -0.39 is 0 Å². The number of nitrogens with zero attached hydrogens (tertiary/aromatic N) is 3. The van der Waals surface area contributed by atoms with Crippen molar-refractivity contribution in [3.8, 4) is 0 Å². The monoisotopic (exact) mass is 313 g/mol. The molecule has 1 amide bonds. The molecule has 0 N–H and O–H groups in total. The van der Waals surface area contributed by atoms with Gasteiger partial charge in [-0.15, -0.1) is 0 Å². The maximum atomic E-state index is 13.0. The van der Waals surface area contributed by atoms with Gasteiger partial charge in [0.2, 0.25) is 0 Å². The Bertz CT molecular complexity index is 709. The molecule has 5 nitrogen and oxygen atoms in total. The second-order valence-electron chi connectivity index (χ2n) is 6.23. The minimum Gasteiger partial charge on any atom is -0.367 e. The third-order valence-electron chi connectivity index (χ3n) is 4.44. The molecule has 2 atom stereocenters. The molecule has 1 aliphatic heterocycles. The summed E-state index contributed by atoms with van der Waals surface area (Å²) in [7, 11) is 1.87. The first-order chi connectivity index (χ1) is 11.0. The first kappa shape index (κ1) is 15.7. The summed E-state index contributed by atoms with van der Waals surface area (Å²) in [4.78, 5) is 14.9. The normalized spacial score (nSPS) is 21.5. The number of carbonyl (C=O) groups is 1. The Morgan fingerprint density at radius 2 is 1.91 bits per heavy atom. The molecule has 2 heterocycles. The lowest BCUT2D eigenvalue weighted by Gasteiger charge is -2.37. The molecule has 0 unspecified atom stereocenters. The van der Waals surface area contributed by atoms with Gasteiger partial charge >= 0.3 is 0 Å². The molecule has 1 saturated heterocycles. The van der Waals surface area contributed by atoms with E-state index in [1.165, 1.54) is 0 Å². The predicted molar refractivity (Wildman–Crippen MR) is 88.3 cm³/mol. The van der Waals surface area contributed by atoms with Crippen molar-refractivity contribution in [2.24, 2.45) is 7.05 Å². The van der Waals surface area contributed by atoms with Crippen molar-refractivity contribution in [3.05, 3.63) is 52.8 Å². The van der Waals surface area contributed by atoms with Crippen LogP contribution in [0.2, 0.25) is 0 Å². The maximum Gasteiger partial charge on any atom is 0.257 e. The molecule has 0 saturated carbocycles. The standard InChI is InChI=1S/C18H23N3O2/c1-12-10-21(11-16(23-12)15-8-6-5-7-9-15)18(22)17-13(2)19-20(4)14(17)3/h5-9,12,16H,10-11H2,1-4H3/t12-,16-/m1/s1. The first-order valence-electron chi connectivity index (χ1n) is 7.97. The maximum absolute atomic E-state index is 13.0. The molecular weight excluding hydrogens is 290 g/mol. The smallest absolute Gasteiger partial charge is 0.257 e. The molecular formula is C18H23N3O2. The fourth-order valence-electron chi connectivity index (χ4n) is 3.21. The van der Waals surface area contributed by atoms with Gasteiger partial charge in [-0.2, -0.15) is 5.10 Å². The van der Waals surface area contributed by atoms with Gasteiger partial charge in [0.15, 0.2) is 0 Å². The zero-order chi connectivity index (χ0) is 16.6. The molecule has 23 heavy (non-hydrogen) atoms. The van der Waals surface area contributed by atoms with Crippen LogP contribution in [0.25, 0.3) is 0 Å². The molecule has 0 radical (unpaired) electrons. The van der Waals surface area contributed by atoms with E-state index in [0.717, 1.165) is 17.0 Å². The highest BCUT2D eigenvalue weighted by Crippen LogP contribution is 2.27. The van der Waals surface area contributed by atoms with Gasteiger partial charge in [0.25, 0.3) is 5.91 Å². The molecule has 0 spiro atoms. The second-order valence-corrected chi connectivity index (χ2v) is 6.23. The van der Waals surface area contributed by atoms with Gasteiger partial charge in [0.05, 0.1) is 23.9 Å². The Kier molecular flexibility index (Phi) is 4.22. The number of aromatic nitrogens is 2. The predicted octanol–water partition coefficient (Wildman–Crippen LogP) is 2.64. The average molecular weight is 313 g/mol. The summed E-state index contributed by atoms with van der Waals surface area (Å²) in [5.41, 5.74) is 3.51. The molecule has 1 aromatic heterocycles. The van der Waals surface area contributed by atoms with Gasteiger partial charge in [-0.05, 0) is 26.3 Å². The molecule has 1 aliphatic rings. The van der Waals surface area contributed by atoms with Crippen LogP contribution in [0.1, 0.15) is 40.3 Å². The van der Waals surface area contributed by atoms with Crippen LogP contribution in [0.3, 0.4) is 0 Å². The highest BCUT2D eigenvalue weighted by molar-refractivity contribution is 5.96. The Morgan fingerprint density at radius 1 is 1.22 bits per heavy atom. The first-order valence-corrected chi connectivity index (χ1v) is 7.97. The van der Waals surface area contributed by atoms with Crippen LogP contribution in [0.4, 0.5) is 0 Å². The van der Waals surface area contributed by atoms with E-state index in [-0.39, 0.29) is 18.1 Å². The lowest BCUT2D eigenvalue weighted by Crippen LogP contribution is -2.46. The summed E-state index contributed by atoms with van der Waals surface area (Å²) in [5, 5.41) is 4.36. The van der Waals surface area contributed by atoms with Crippen LogP contribution in [-0.2, 0) is 11.8 Å². The lowest BCUT2D eigenvalue weighted by molar-refractivity contribution is -0.0692. The van der Waals surface area contributed by atoms with E-state index in [1.807, 2.05) is 63.1 Å². The number of ether oxygens (including phenoxy) is 1. The van der Waals surface area contributed by atoms with Gasteiger partial charge in [0, 0.05) is 19.3 Å². The Balaban J connectivity index is 1.86. The van der Waals surface area contributed by atoms with E-state index in [9.17, 15) is 4.79 Å². The fraction of sp³-hybridized carbons (Fsp3) is 0.444. The van der Waals surface area contributed by atoms with Crippen molar-refractivity contribution >= 4 is 5.91 Å². The molecule has 0 aliphatic carbocycles. The fourth-order valence-corrected chi connectivity index (χ4v) is 3.21. The SMILES string of the molecule is Cc1nn(C)c(C)c1C(=O)N1C[C@@H](C)O[C@@H](c2ccccc2)C1. The Hall–Kier alpha value is -2.14. The summed E-state index contributed by atoms with van der Waals surface area (Å²) in [6, 6.07) is 10.1. The number of aryl methyl sites for hydroxylation is 2. The Morgan fingerprint density at radius 3 is 2.52 bits per heavy atom. The summed E-state index contributed by atoms with van der Waals surface area (Å²) in [6.45, 7) is 7.01. The van der Waals surface area contributed by atoms with Crippen molar-refractivity contribution in [3.63, 3.8) is 0 Å². The van der Waals surface area contributed by atoms with Crippen LogP contribution in [0.5, 0.6) is 0 Å². The molecule has 0 bridgehead atoms. The van der Waals surface area contributed by atoms with Gasteiger partial charge < -0.3 is 9.64 Å². The molecule has 1 fully saturated rings. The number of hydrogen-bond acceptors (Lipinski definition) is 3. The van der Waals surface area contributed by atoms with Crippen molar-refractivity contribution in [1.82, 2.24) is 14.7 Å². The highest BCUT2D eigenvalue weighted by atomic mass is 16.5. The minimum absolute atomic E-state index is 0.00943. The average Bonchev–Trinajstić information content (AvgIpc) is 2.79. The highest BCUT2D eigenvalue weighted by Gasteiger charge is 2.32. The van der Waals surface area contributed by atoms with E-state index >= 15 is 0 Å². The van der Waals surface area contributed by atoms with Gasteiger partial charge in [-0.1, -0.05) is 30.3 Å². The van der Waals surface area contributed by atoms with E-state index in [1.54, 1.807) is 4.68 Å². The van der Waals surface area contributed by atoms with Gasteiger partial charge in [-0.3, -0.25) is 9.48 Å². The van der Waals surface area contributed by atoms with Crippen molar-refractivity contribution in [1.29, 1.82) is 0 Å². The molecule has 2 aromatic rings. The third kappa shape index (κ3) is 3.01. The quantitative estimate of drug-likeness (QED) is 0.856. The van der Waals surface area contributed by atoms with Crippen molar-refractivity contribution in [2.45, 2.75) is 33.0 Å². The van der Waals surface area contributed by atoms with Crippen LogP contribution < -0.4 is 0 Å². The topological polar surface area (TPSA) is 47.4 Å². The lowest BCUT2D eigenvalue weighted by atomic mass is 10.1. The zero-order valence-electron chi connectivity index (χ0n) is 14.1. The molecule has 3 rings (SSSR count). The second kappa shape index (κ2) is 6.16. The third-order valence-corrected chi connectivity index (χ3v) is 4.44. The zero-order valence-corrected chi connectivity index (χ0v) is 14.1. The number of benzene rings is 1. The van der Waals surface area contributed by atoms with E-state index in [4.69, 9.17) is 4.74 Å². The van der Waals surface area contributed by atoms with Crippen LogP contribution in [-0.4, -0.2) is 39.8 Å². The van der Waals surface area contributed by atoms with Crippen LogP contribution >= 0.6 is 0 Å². The van der Waals surface area contributed by atoms with E-state index in [2.05, 4.69) is 5.10 Å². The molecule has 122 valence electrons. The minimum atomic E-state index is -0.0822. The van der Waals surface area contributed by atoms with Crippen LogP contribution in [0, 0.1) is 13.8 Å². The summed E-state index contributed by atoms with van der Waals surface area (Å²) < 4.78 is 7.80. The summed E-state index contributed by atoms with van der Waals surface area (Å²) in [6.07, 6.45) is -0.0728. The van der Waals surface area contributed by atoms with E-state index in [0.29, 0.717) is 18.7 Å².